The molecule has 0 fully saturated rings. The van der Waals surface area contributed by atoms with Crippen molar-refractivity contribution in [1.82, 2.24) is 0 Å². The Kier molecular flexibility index (Phi) is 15.7. The number of anilines is 2. The SMILES string of the molecule is CCOC(=O)c1cccc(NC)c1.CCOc1ccc(NC)cc1OCC.O=Cc1sc(Cl)cc1S(=O)[O-]. The summed E-state index contributed by atoms with van der Waals surface area (Å²) in [6.45, 7) is 7.41. The monoisotopic (exact) mass is 583 g/mol. The first-order valence-corrected chi connectivity index (χ1v) is 13.9. The van der Waals surface area contributed by atoms with E-state index in [0.29, 0.717) is 36.0 Å². The van der Waals surface area contributed by atoms with Crippen molar-refractivity contribution in [3.05, 3.63) is 63.3 Å². The van der Waals surface area contributed by atoms with Crippen LogP contribution in [-0.2, 0) is 15.8 Å². The van der Waals surface area contributed by atoms with Crippen LogP contribution in [0, 0.1) is 0 Å². The first-order valence-electron chi connectivity index (χ1n) is 11.6. The highest BCUT2D eigenvalue weighted by Crippen LogP contribution is 2.30. The minimum absolute atomic E-state index is 0.0324. The van der Waals surface area contributed by atoms with E-state index in [2.05, 4.69) is 10.6 Å². The maximum absolute atomic E-state index is 11.3. The van der Waals surface area contributed by atoms with E-state index in [9.17, 15) is 18.4 Å². The Labute approximate surface area is 234 Å². The molecule has 0 aliphatic carbocycles. The molecule has 2 N–H and O–H groups in total. The summed E-state index contributed by atoms with van der Waals surface area (Å²) < 4.78 is 36.8. The highest BCUT2D eigenvalue weighted by Gasteiger charge is 2.07. The fourth-order valence-corrected chi connectivity index (χ4v) is 4.64. The lowest BCUT2D eigenvalue weighted by molar-refractivity contribution is 0.0526. The molecule has 0 aliphatic heterocycles. The van der Waals surface area contributed by atoms with Crippen LogP contribution in [0.25, 0.3) is 0 Å². The molecule has 3 rings (SSSR count). The Morgan fingerprint density at radius 2 is 1.61 bits per heavy atom. The maximum atomic E-state index is 11.3. The number of carbonyl (C=O) groups is 2. The molecule has 0 bridgehead atoms. The maximum Gasteiger partial charge on any atom is 0.338 e. The van der Waals surface area contributed by atoms with Crippen LogP contribution in [0.15, 0.2) is 53.4 Å². The fraction of sp³-hybridized carbons (Fsp3) is 0.308. The molecule has 3 aromatic rings. The summed E-state index contributed by atoms with van der Waals surface area (Å²) in [4.78, 5) is 21.6. The number of aldehydes is 1. The van der Waals surface area contributed by atoms with Crippen LogP contribution < -0.4 is 20.1 Å². The van der Waals surface area contributed by atoms with E-state index >= 15 is 0 Å². The smallest absolute Gasteiger partial charge is 0.338 e. The van der Waals surface area contributed by atoms with Crippen LogP contribution in [0.4, 0.5) is 11.4 Å². The van der Waals surface area contributed by atoms with Crippen LogP contribution in [0.3, 0.4) is 0 Å². The fourth-order valence-electron chi connectivity index (χ4n) is 2.79. The Morgan fingerprint density at radius 3 is 2.13 bits per heavy atom. The largest absolute Gasteiger partial charge is 0.768 e. The van der Waals surface area contributed by atoms with Gasteiger partial charge in [0.15, 0.2) is 17.8 Å². The first-order chi connectivity index (χ1) is 18.2. The van der Waals surface area contributed by atoms with E-state index in [-0.39, 0.29) is 15.7 Å². The zero-order chi connectivity index (χ0) is 28.5. The standard InChI is InChI=1S/C11H17NO2.C10H13NO2.C5H3ClO3S2/c1-4-13-10-7-6-9(12-3)8-11(10)14-5-2;1-3-13-10(12)8-5-4-6-9(7-8)11-2;6-5-1-4(11(8)9)3(2-7)10-5/h6-8,12H,4-5H2,1-3H3;4-7,11H,3H2,1-2H3;1-2H,(H,8,9)/p-1. The van der Waals surface area contributed by atoms with Crippen molar-refractivity contribution < 1.29 is 32.6 Å². The number of esters is 1. The van der Waals surface area contributed by atoms with E-state index in [1.165, 1.54) is 6.07 Å². The number of ether oxygens (including phenoxy) is 3. The van der Waals surface area contributed by atoms with Gasteiger partial charge in [-0.25, -0.2) is 4.79 Å². The predicted octanol–water partition coefficient (Wildman–Crippen LogP) is 5.88. The van der Waals surface area contributed by atoms with Gasteiger partial charge in [0.25, 0.3) is 0 Å². The summed E-state index contributed by atoms with van der Waals surface area (Å²) in [6.07, 6.45) is 0.474. The zero-order valence-electron chi connectivity index (χ0n) is 21.9. The Balaban J connectivity index is 0.000000287. The molecular weight excluding hydrogens is 552 g/mol. The second-order valence-corrected chi connectivity index (χ2v) is 9.58. The topological polar surface area (TPSA) is 126 Å². The van der Waals surface area contributed by atoms with Crippen molar-refractivity contribution in [2.45, 2.75) is 25.7 Å². The van der Waals surface area contributed by atoms with Crippen molar-refractivity contribution in [1.29, 1.82) is 0 Å². The van der Waals surface area contributed by atoms with Crippen LogP contribution in [0.2, 0.25) is 4.34 Å². The lowest BCUT2D eigenvalue weighted by Gasteiger charge is -2.11. The van der Waals surface area contributed by atoms with Crippen molar-refractivity contribution in [2.24, 2.45) is 0 Å². The number of halogens is 1. The summed E-state index contributed by atoms with van der Waals surface area (Å²) in [6, 6.07) is 14.3. The Hall–Kier alpha value is -3.12. The van der Waals surface area contributed by atoms with Crippen molar-refractivity contribution in [3.63, 3.8) is 0 Å². The first kappa shape index (κ1) is 32.9. The molecule has 0 saturated carbocycles. The van der Waals surface area contributed by atoms with Gasteiger partial charge in [0.05, 0.1) is 34.6 Å². The average Bonchev–Trinajstić information content (AvgIpc) is 3.32. The van der Waals surface area contributed by atoms with Crippen LogP contribution in [0.1, 0.15) is 40.8 Å². The molecule has 38 heavy (non-hydrogen) atoms. The van der Waals surface area contributed by atoms with Crippen molar-refractivity contribution >= 4 is 57.6 Å². The predicted molar refractivity (Wildman–Crippen MR) is 152 cm³/mol. The zero-order valence-corrected chi connectivity index (χ0v) is 24.3. The highest BCUT2D eigenvalue weighted by molar-refractivity contribution is 7.79. The molecular formula is C26H32ClN2O7S2-. The van der Waals surface area contributed by atoms with Gasteiger partial charge in [0.1, 0.15) is 0 Å². The van der Waals surface area contributed by atoms with Gasteiger partial charge in [-0.15, -0.1) is 11.3 Å². The van der Waals surface area contributed by atoms with Gasteiger partial charge in [0.2, 0.25) is 0 Å². The summed E-state index contributed by atoms with van der Waals surface area (Å²) in [5.41, 5.74) is 2.51. The minimum Gasteiger partial charge on any atom is -0.768 e. The molecule has 1 aromatic heterocycles. The summed E-state index contributed by atoms with van der Waals surface area (Å²) >= 11 is 4.05. The van der Waals surface area contributed by atoms with E-state index in [0.717, 1.165) is 34.2 Å². The number of benzene rings is 2. The molecule has 0 spiro atoms. The number of nitrogens with one attached hydrogen (secondary N) is 2. The molecule has 1 unspecified atom stereocenters. The number of rotatable bonds is 10. The summed E-state index contributed by atoms with van der Waals surface area (Å²) in [7, 11) is 3.69. The Morgan fingerprint density at radius 1 is 0.974 bits per heavy atom. The third-order valence-electron chi connectivity index (χ3n) is 4.48. The molecule has 9 nitrogen and oxygen atoms in total. The van der Waals surface area contributed by atoms with Crippen LogP contribution >= 0.6 is 22.9 Å². The highest BCUT2D eigenvalue weighted by atomic mass is 35.5. The van der Waals surface area contributed by atoms with Gasteiger partial charge < -0.3 is 29.4 Å². The second-order valence-electron chi connectivity index (χ2n) is 6.96. The lowest BCUT2D eigenvalue weighted by atomic mass is 10.2. The number of hydrogen-bond acceptors (Lipinski definition) is 10. The normalized spacial score (nSPS) is 10.5. The molecule has 208 valence electrons. The summed E-state index contributed by atoms with van der Waals surface area (Å²) in [5.74, 6) is 1.31. The third-order valence-corrected chi connectivity index (χ3v) is 6.49. The lowest BCUT2D eigenvalue weighted by Crippen LogP contribution is -2.04. The summed E-state index contributed by atoms with van der Waals surface area (Å²) in [5, 5.41) is 6.02. The van der Waals surface area contributed by atoms with Gasteiger partial charge in [-0.1, -0.05) is 17.7 Å². The quantitative estimate of drug-likeness (QED) is 0.171. The molecule has 0 amide bonds. The van der Waals surface area contributed by atoms with Crippen molar-refractivity contribution in [3.8, 4) is 11.5 Å². The Bertz CT molecular complexity index is 1190. The van der Waals surface area contributed by atoms with Gasteiger partial charge >= 0.3 is 5.97 Å². The average molecular weight is 584 g/mol. The van der Waals surface area contributed by atoms with Crippen LogP contribution in [0.5, 0.6) is 11.5 Å². The van der Waals surface area contributed by atoms with Gasteiger partial charge in [-0.2, -0.15) is 0 Å². The molecule has 0 saturated heterocycles. The van der Waals surface area contributed by atoms with E-state index in [4.69, 9.17) is 25.8 Å². The molecule has 1 heterocycles. The number of thiophene rings is 1. The molecule has 1 atom stereocenters. The van der Waals surface area contributed by atoms with E-state index in [1.54, 1.807) is 19.1 Å². The minimum atomic E-state index is -2.37. The van der Waals surface area contributed by atoms with E-state index < -0.39 is 11.1 Å². The third kappa shape index (κ3) is 11.1. The van der Waals surface area contributed by atoms with Crippen LogP contribution in [-0.4, -0.2) is 54.9 Å². The second kappa shape index (κ2) is 18.2. The molecule has 0 radical (unpaired) electrons. The molecule has 2 aromatic carbocycles. The number of hydrogen-bond donors (Lipinski definition) is 2. The molecule has 0 aliphatic rings. The van der Waals surface area contributed by atoms with E-state index in [1.807, 2.05) is 58.3 Å². The van der Waals surface area contributed by atoms with Gasteiger partial charge in [-0.3, -0.25) is 9.00 Å². The van der Waals surface area contributed by atoms with Gasteiger partial charge in [-0.05, 0) is 68.2 Å². The number of carbonyl (C=O) groups excluding carboxylic acids is 2. The van der Waals surface area contributed by atoms with Crippen molar-refractivity contribution in [2.75, 3.05) is 44.5 Å². The van der Waals surface area contributed by atoms with Gasteiger partial charge in [0, 0.05) is 36.4 Å². The molecule has 12 heteroatoms.